The van der Waals surface area contributed by atoms with Gasteiger partial charge in [-0.05, 0) is 44.2 Å². The van der Waals surface area contributed by atoms with Crippen LogP contribution in [0.1, 0.15) is 19.3 Å². The summed E-state index contributed by atoms with van der Waals surface area (Å²) in [5.74, 6) is -0.283. The first-order valence-electron chi connectivity index (χ1n) is 9.25. The SMILES string of the molecule is CN1CCN([C@@H]2CCCCN(C(=O)N(C)c3ccc(F)cc3)C2)CC1. The number of carbonyl (C=O) groups excluding carboxylic acids is 1. The second-order valence-electron chi connectivity index (χ2n) is 7.25. The Morgan fingerprint density at radius 1 is 1.08 bits per heavy atom. The minimum absolute atomic E-state index is 0.00707. The average Bonchev–Trinajstić information content (AvgIpc) is 2.88. The standard InChI is InChI=1S/C19H29FN4O/c1-21-11-13-23(14-12-21)18-5-3-4-10-24(15-18)19(25)22(2)17-8-6-16(20)7-9-17/h6-9,18H,3-5,10-15H2,1-2H3/t18-/m1/s1. The van der Waals surface area contributed by atoms with Gasteiger partial charge in [-0.2, -0.15) is 0 Å². The highest BCUT2D eigenvalue weighted by atomic mass is 19.1. The number of hydrogen-bond acceptors (Lipinski definition) is 3. The molecule has 6 heteroatoms. The van der Waals surface area contributed by atoms with Gasteiger partial charge in [-0.1, -0.05) is 6.42 Å². The molecule has 2 amide bonds. The van der Waals surface area contributed by atoms with Crippen LogP contribution in [0.5, 0.6) is 0 Å². The molecule has 0 radical (unpaired) electrons. The van der Waals surface area contributed by atoms with Crippen LogP contribution >= 0.6 is 0 Å². The molecule has 1 aromatic carbocycles. The van der Waals surface area contributed by atoms with E-state index in [0.717, 1.165) is 57.8 Å². The van der Waals surface area contributed by atoms with Crippen LogP contribution in [0.4, 0.5) is 14.9 Å². The Morgan fingerprint density at radius 3 is 2.44 bits per heavy atom. The van der Waals surface area contributed by atoms with Crippen molar-refractivity contribution in [1.82, 2.24) is 14.7 Å². The Morgan fingerprint density at radius 2 is 1.76 bits per heavy atom. The number of anilines is 1. The first kappa shape index (κ1) is 18.1. The highest BCUT2D eigenvalue weighted by Gasteiger charge is 2.29. The van der Waals surface area contributed by atoms with E-state index in [1.807, 2.05) is 4.90 Å². The van der Waals surface area contributed by atoms with Crippen LogP contribution in [-0.4, -0.2) is 80.1 Å². The minimum Gasteiger partial charge on any atom is -0.323 e. The number of piperazine rings is 1. The number of urea groups is 1. The Hall–Kier alpha value is -1.66. The fourth-order valence-electron chi connectivity index (χ4n) is 3.77. The molecule has 0 spiro atoms. The maximum Gasteiger partial charge on any atom is 0.324 e. The molecule has 0 bridgehead atoms. The van der Waals surface area contributed by atoms with Gasteiger partial charge >= 0.3 is 6.03 Å². The summed E-state index contributed by atoms with van der Waals surface area (Å²) in [7, 11) is 3.93. The van der Waals surface area contributed by atoms with Crippen LogP contribution in [0.15, 0.2) is 24.3 Å². The van der Waals surface area contributed by atoms with Gasteiger partial charge in [0.1, 0.15) is 5.82 Å². The van der Waals surface area contributed by atoms with Crippen molar-refractivity contribution in [2.24, 2.45) is 0 Å². The van der Waals surface area contributed by atoms with E-state index in [4.69, 9.17) is 0 Å². The van der Waals surface area contributed by atoms with E-state index in [1.165, 1.54) is 18.6 Å². The van der Waals surface area contributed by atoms with E-state index < -0.39 is 0 Å². The van der Waals surface area contributed by atoms with Crippen LogP contribution in [-0.2, 0) is 0 Å². The van der Waals surface area contributed by atoms with Crippen LogP contribution in [0.3, 0.4) is 0 Å². The van der Waals surface area contributed by atoms with E-state index in [0.29, 0.717) is 6.04 Å². The monoisotopic (exact) mass is 348 g/mol. The molecule has 138 valence electrons. The van der Waals surface area contributed by atoms with Crippen molar-refractivity contribution in [3.8, 4) is 0 Å². The Balaban J connectivity index is 1.65. The third kappa shape index (κ3) is 4.50. The van der Waals surface area contributed by atoms with Gasteiger partial charge in [0.15, 0.2) is 0 Å². The van der Waals surface area contributed by atoms with Crippen LogP contribution in [0.25, 0.3) is 0 Å². The quantitative estimate of drug-likeness (QED) is 0.823. The van der Waals surface area contributed by atoms with Gasteiger partial charge in [0.05, 0.1) is 0 Å². The molecular formula is C19H29FN4O. The Labute approximate surface area is 150 Å². The summed E-state index contributed by atoms with van der Waals surface area (Å²) in [6.45, 7) is 5.94. The van der Waals surface area contributed by atoms with Crippen molar-refractivity contribution < 1.29 is 9.18 Å². The zero-order valence-electron chi connectivity index (χ0n) is 15.3. The highest BCUT2D eigenvalue weighted by Crippen LogP contribution is 2.21. The molecule has 2 aliphatic rings. The fourth-order valence-corrected chi connectivity index (χ4v) is 3.77. The van der Waals surface area contributed by atoms with Crippen molar-refractivity contribution in [3.05, 3.63) is 30.1 Å². The molecule has 3 rings (SSSR count). The van der Waals surface area contributed by atoms with Gasteiger partial charge in [-0.25, -0.2) is 9.18 Å². The number of likely N-dealkylation sites (tertiary alicyclic amines) is 1. The molecule has 0 saturated carbocycles. The molecule has 5 nitrogen and oxygen atoms in total. The van der Waals surface area contributed by atoms with Crippen molar-refractivity contribution in [3.63, 3.8) is 0 Å². The van der Waals surface area contributed by atoms with Crippen LogP contribution in [0, 0.1) is 5.82 Å². The topological polar surface area (TPSA) is 30.0 Å². The summed E-state index contributed by atoms with van der Waals surface area (Å²) in [5, 5.41) is 0. The zero-order chi connectivity index (χ0) is 17.8. The van der Waals surface area contributed by atoms with E-state index in [2.05, 4.69) is 16.8 Å². The first-order valence-corrected chi connectivity index (χ1v) is 9.25. The van der Waals surface area contributed by atoms with Gasteiger partial charge in [0.25, 0.3) is 0 Å². The lowest BCUT2D eigenvalue weighted by atomic mass is 10.1. The predicted octanol–water partition coefficient (Wildman–Crippen LogP) is 2.48. The van der Waals surface area contributed by atoms with E-state index in [9.17, 15) is 9.18 Å². The summed E-state index contributed by atoms with van der Waals surface area (Å²) in [4.78, 5) is 21.5. The maximum atomic E-state index is 13.1. The van der Waals surface area contributed by atoms with Crippen LogP contribution < -0.4 is 4.90 Å². The molecule has 2 fully saturated rings. The fraction of sp³-hybridized carbons (Fsp3) is 0.632. The summed E-state index contributed by atoms with van der Waals surface area (Å²) in [5.41, 5.74) is 0.729. The predicted molar refractivity (Wildman–Crippen MR) is 98.5 cm³/mol. The van der Waals surface area contributed by atoms with Crippen molar-refractivity contribution in [2.45, 2.75) is 25.3 Å². The molecule has 0 unspecified atom stereocenters. The number of rotatable bonds is 2. The average molecular weight is 348 g/mol. The Kier molecular flexibility index (Phi) is 5.91. The third-order valence-electron chi connectivity index (χ3n) is 5.47. The lowest BCUT2D eigenvalue weighted by Crippen LogP contribution is -2.53. The molecule has 1 atom stereocenters. The second-order valence-corrected chi connectivity index (χ2v) is 7.25. The van der Waals surface area contributed by atoms with Gasteiger partial charge in [0, 0.05) is 58.0 Å². The molecular weight excluding hydrogens is 319 g/mol. The van der Waals surface area contributed by atoms with E-state index in [1.54, 1.807) is 24.1 Å². The van der Waals surface area contributed by atoms with Gasteiger partial charge < -0.3 is 9.80 Å². The highest BCUT2D eigenvalue weighted by molar-refractivity contribution is 5.91. The third-order valence-corrected chi connectivity index (χ3v) is 5.47. The molecule has 25 heavy (non-hydrogen) atoms. The normalized spacial score (nSPS) is 23.3. The Bertz CT molecular complexity index is 571. The zero-order valence-corrected chi connectivity index (χ0v) is 15.3. The number of hydrogen-bond donors (Lipinski definition) is 0. The number of nitrogens with zero attached hydrogens (tertiary/aromatic N) is 4. The number of carbonyl (C=O) groups is 1. The summed E-state index contributed by atoms with van der Waals surface area (Å²) >= 11 is 0. The molecule has 0 N–H and O–H groups in total. The van der Waals surface area contributed by atoms with Gasteiger partial charge in [-0.3, -0.25) is 9.80 Å². The molecule has 2 saturated heterocycles. The summed E-state index contributed by atoms with van der Waals surface area (Å²) < 4.78 is 13.1. The van der Waals surface area contributed by atoms with E-state index in [-0.39, 0.29) is 11.8 Å². The lowest BCUT2D eigenvalue weighted by molar-refractivity contribution is 0.0942. The number of benzene rings is 1. The molecule has 2 heterocycles. The minimum atomic E-state index is -0.283. The summed E-state index contributed by atoms with van der Waals surface area (Å²) in [6, 6.07) is 6.56. The maximum absolute atomic E-state index is 13.1. The van der Waals surface area contributed by atoms with Crippen molar-refractivity contribution in [1.29, 1.82) is 0 Å². The molecule has 2 aliphatic heterocycles. The van der Waals surface area contributed by atoms with Crippen molar-refractivity contribution >= 4 is 11.7 Å². The first-order chi connectivity index (χ1) is 12.0. The molecule has 0 aliphatic carbocycles. The smallest absolute Gasteiger partial charge is 0.323 e. The number of halogens is 1. The van der Waals surface area contributed by atoms with Crippen molar-refractivity contribution in [2.75, 3.05) is 58.3 Å². The largest absolute Gasteiger partial charge is 0.324 e. The lowest BCUT2D eigenvalue weighted by Gasteiger charge is -2.39. The van der Waals surface area contributed by atoms with Crippen LogP contribution in [0.2, 0.25) is 0 Å². The molecule has 1 aromatic rings. The van der Waals surface area contributed by atoms with E-state index >= 15 is 0 Å². The van der Waals surface area contributed by atoms with Gasteiger partial charge in [-0.15, -0.1) is 0 Å². The number of likely N-dealkylation sites (N-methyl/N-ethyl adjacent to an activating group) is 1. The molecule has 0 aromatic heterocycles. The van der Waals surface area contributed by atoms with Gasteiger partial charge in [0.2, 0.25) is 0 Å². The number of amides is 2. The second kappa shape index (κ2) is 8.15. The summed E-state index contributed by atoms with van der Waals surface area (Å²) in [6.07, 6.45) is 3.38.